The number of hydrogen-bond acceptors (Lipinski definition) is 3. The normalized spacial score (nSPS) is 12.7. The maximum atomic E-state index is 13.4. The Morgan fingerprint density at radius 3 is 2.79 bits per heavy atom. The molecule has 0 bridgehead atoms. The molecule has 1 aromatic heterocycles. The van der Waals surface area contributed by atoms with E-state index in [0.29, 0.717) is 6.42 Å². The molecule has 0 aliphatic heterocycles. The van der Waals surface area contributed by atoms with Gasteiger partial charge in [-0.2, -0.15) is 5.10 Å². The quantitative estimate of drug-likeness (QED) is 0.668. The second-order valence-electron chi connectivity index (χ2n) is 4.52. The molecule has 0 saturated heterocycles. The molecule has 4 nitrogen and oxygen atoms in total. The largest absolute Gasteiger partial charge is 0.275 e. The average molecular weight is 283 g/mol. The Labute approximate surface area is 116 Å². The standard InChI is InChI=1S/C13H16ClFN4/c1-8-10(7-19(2)18-8)13(17-16)6-9-3-4-11(14)12(15)5-9/h3-5,7,13,17H,6,16H2,1-2H3. The fourth-order valence-corrected chi connectivity index (χ4v) is 2.24. The minimum Gasteiger partial charge on any atom is -0.275 e. The Kier molecular flexibility index (Phi) is 4.19. The van der Waals surface area contributed by atoms with Gasteiger partial charge in [0.05, 0.1) is 16.8 Å². The monoisotopic (exact) mass is 282 g/mol. The zero-order valence-electron chi connectivity index (χ0n) is 10.8. The van der Waals surface area contributed by atoms with Gasteiger partial charge >= 0.3 is 0 Å². The number of halogens is 2. The number of nitrogens with two attached hydrogens (primary N) is 1. The van der Waals surface area contributed by atoms with Crippen LogP contribution in [0.5, 0.6) is 0 Å². The molecule has 1 aromatic carbocycles. The molecule has 6 heteroatoms. The summed E-state index contributed by atoms with van der Waals surface area (Å²) >= 11 is 5.67. The molecule has 1 heterocycles. The minimum atomic E-state index is -0.419. The average Bonchev–Trinajstić information content (AvgIpc) is 2.70. The zero-order chi connectivity index (χ0) is 14.0. The van der Waals surface area contributed by atoms with Gasteiger partial charge in [0, 0.05) is 18.8 Å². The first-order chi connectivity index (χ1) is 9.01. The van der Waals surface area contributed by atoms with Crippen LogP contribution in [0, 0.1) is 12.7 Å². The Morgan fingerprint density at radius 1 is 1.53 bits per heavy atom. The Morgan fingerprint density at radius 2 is 2.26 bits per heavy atom. The number of hydrogen-bond donors (Lipinski definition) is 2. The van der Waals surface area contributed by atoms with Crippen molar-refractivity contribution >= 4 is 11.6 Å². The van der Waals surface area contributed by atoms with E-state index >= 15 is 0 Å². The minimum absolute atomic E-state index is 0.116. The lowest BCUT2D eigenvalue weighted by Crippen LogP contribution is -2.29. The van der Waals surface area contributed by atoms with Crippen LogP contribution in [0.3, 0.4) is 0 Å². The summed E-state index contributed by atoms with van der Waals surface area (Å²) < 4.78 is 15.2. The predicted molar refractivity (Wildman–Crippen MR) is 73.1 cm³/mol. The molecule has 0 aliphatic carbocycles. The van der Waals surface area contributed by atoms with Crippen LogP contribution in [0.15, 0.2) is 24.4 Å². The van der Waals surface area contributed by atoms with E-state index in [0.717, 1.165) is 16.8 Å². The van der Waals surface area contributed by atoms with Gasteiger partial charge in [0.1, 0.15) is 5.82 Å². The van der Waals surface area contributed by atoms with Gasteiger partial charge in [0.2, 0.25) is 0 Å². The van der Waals surface area contributed by atoms with Crippen LogP contribution in [0.25, 0.3) is 0 Å². The summed E-state index contributed by atoms with van der Waals surface area (Å²) in [6, 6.07) is 4.66. The number of nitrogens with zero attached hydrogens (tertiary/aromatic N) is 2. The third-order valence-corrected chi connectivity index (χ3v) is 3.36. The van der Waals surface area contributed by atoms with Gasteiger partial charge < -0.3 is 0 Å². The second kappa shape index (κ2) is 5.69. The highest BCUT2D eigenvalue weighted by Gasteiger charge is 2.16. The summed E-state index contributed by atoms with van der Waals surface area (Å²) in [5.41, 5.74) is 5.48. The van der Waals surface area contributed by atoms with Gasteiger partial charge in [-0.3, -0.25) is 16.0 Å². The predicted octanol–water partition coefficient (Wildman–Crippen LogP) is 2.27. The molecule has 0 amide bonds. The summed E-state index contributed by atoms with van der Waals surface area (Å²) in [7, 11) is 1.85. The summed E-state index contributed by atoms with van der Waals surface area (Å²) in [5, 5.41) is 4.40. The van der Waals surface area contributed by atoms with Crippen LogP contribution >= 0.6 is 11.6 Å². The SMILES string of the molecule is Cc1nn(C)cc1C(Cc1ccc(Cl)c(F)c1)NN. The third kappa shape index (κ3) is 3.12. The van der Waals surface area contributed by atoms with Gasteiger partial charge in [-0.05, 0) is 31.0 Å². The van der Waals surface area contributed by atoms with Crippen LogP contribution in [0.4, 0.5) is 4.39 Å². The van der Waals surface area contributed by atoms with Crippen LogP contribution in [-0.2, 0) is 13.5 Å². The van der Waals surface area contributed by atoms with E-state index in [1.165, 1.54) is 6.07 Å². The number of benzene rings is 1. The van der Waals surface area contributed by atoms with Crippen LogP contribution in [-0.4, -0.2) is 9.78 Å². The van der Waals surface area contributed by atoms with E-state index in [9.17, 15) is 4.39 Å². The van der Waals surface area contributed by atoms with Crippen molar-refractivity contribution in [2.75, 3.05) is 0 Å². The highest BCUT2D eigenvalue weighted by Crippen LogP contribution is 2.22. The first-order valence-corrected chi connectivity index (χ1v) is 6.29. The number of aryl methyl sites for hydroxylation is 2. The molecule has 2 rings (SSSR count). The molecular weight excluding hydrogens is 267 g/mol. The Hall–Kier alpha value is -1.43. The van der Waals surface area contributed by atoms with Gasteiger partial charge in [-0.1, -0.05) is 17.7 Å². The van der Waals surface area contributed by atoms with Gasteiger partial charge in [-0.15, -0.1) is 0 Å². The highest BCUT2D eigenvalue weighted by molar-refractivity contribution is 6.30. The maximum Gasteiger partial charge on any atom is 0.142 e. The van der Waals surface area contributed by atoms with E-state index < -0.39 is 5.82 Å². The van der Waals surface area contributed by atoms with Crippen LogP contribution < -0.4 is 11.3 Å². The summed E-state index contributed by atoms with van der Waals surface area (Å²) in [6.45, 7) is 1.92. The van der Waals surface area contributed by atoms with Crippen LogP contribution in [0.1, 0.15) is 22.9 Å². The van der Waals surface area contributed by atoms with Crippen molar-refractivity contribution in [3.8, 4) is 0 Å². The van der Waals surface area contributed by atoms with Crippen molar-refractivity contribution in [3.05, 3.63) is 52.1 Å². The molecule has 1 atom stereocenters. The first kappa shape index (κ1) is 14.0. The summed E-state index contributed by atoms with van der Waals surface area (Å²) in [5.74, 6) is 5.17. The van der Waals surface area contributed by atoms with E-state index in [-0.39, 0.29) is 11.1 Å². The molecular formula is C13H16ClFN4. The number of rotatable bonds is 4. The van der Waals surface area contributed by atoms with Gasteiger partial charge in [0.25, 0.3) is 0 Å². The summed E-state index contributed by atoms with van der Waals surface area (Å²) in [4.78, 5) is 0. The number of nitrogens with one attached hydrogen (secondary N) is 1. The molecule has 2 aromatic rings. The van der Waals surface area contributed by atoms with E-state index in [2.05, 4.69) is 10.5 Å². The number of aromatic nitrogens is 2. The van der Waals surface area contributed by atoms with E-state index in [4.69, 9.17) is 17.4 Å². The fraction of sp³-hybridized carbons (Fsp3) is 0.308. The molecule has 0 saturated carbocycles. The van der Waals surface area contributed by atoms with Crippen molar-refractivity contribution in [2.24, 2.45) is 12.9 Å². The summed E-state index contributed by atoms with van der Waals surface area (Å²) in [6.07, 6.45) is 2.48. The van der Waals surface area contributed by atoms with E-state index in [1.807, 2.05) is 20.2 Å². The molecule has 0 radical (unpaired) electrons. The molecule has 3 N–H and O–H groups in total. The van der Waals surface area contributed by atoms with Crippen LogP contribution in [0.2, 0.25) is 5.02 Å². The molecule has 0 aliphatic rings. The molecule has 19 heavy (non-hydrogen) atoms. The Bertz CT molecular complexity index is 582. The third-order valence-electron chi connectivity index (χ3n) is 3.05. The van der Waals surface area contributed by atoms with Crippen molar-refractivity contribution in [1.82, 2.24) is 15.2 Å². The molecule has 102 valence electrons. The van der Waals surface area contributed by atoms with Gasteiger partial charge in [0.15, 0.2) is 0 Å². The van der Waals surface area contributed by atoms with Crippen molar-refractivity contribution in [3.63, 3.8) is 0 Å². The highest BCUT2D eigenvalue weighted by atomic mass is 35.5. The lowest BCUT2D eigenvalue weighted by atomic mass is 10.00. The Balaban J connectivity index is 2.23. The molecule has 0 fully saturated rings. The first-order valence-electron chi connectivity index (χ1n) is 5.91. The van der Waals surface area contributed by atoms with Crippen molar-refractivity contribution in [2.45, 2.75) is 19.4 Å². The van der Waals surface area contributed by atoms with Gasteiger partial charge in [-0.25, -0.2) is 4.39 Å². The smallest absolute Gasteiger partial charge is 0.142 e. The van der Waals surface area contributed by atoms with E-state index in [1.54, 1.807) is 16.8 Å². The maximum absolute atomic E-state index is 13.4. The lowest BCUT2D eigenvalue weighted by Gasteiger charge is -2.15. The second-order valence-corrected chi connectivity index (χ2v) is 4.92. The fourth-order valence-electron chi connectivity index (χ4n) is 2.12. The number of hydrazine groups is 1. The lowest BCUT2D eigenvalue weighted by molar-refractivity contribution is 0.546. The molecule has 1 unspecified atom stereocenters. The molecule has 0 spiro atoms. The zero-order valence-corrected chi connectivity index (χ0v) is 11.6. The van der Waals surface area contributed by atoms with Crippen molar-refractivity contribution < 1.29 is 4.39 Å². The van der Waals surface area contributed by atoms with Crippen molar-refractivity contribution in [1.29, 1.82) is 0 Å². The topological polar surface area (TPSA) is 55.9 Å².